The van der Waals surface area contributed by atoms with E-state index in [1.165, 1.54) is 24.5 Å². The van der Waals surface area contributed by atoms with Crippen molar-refractivity contribution in [3.05, 3.63) is 47.4 Å². The summed E-state index contributed by atoms with van der Waals surface area (Å²) < 4.78 is 40.6. The molecular formula is C18H14F2N4O4. The van der Waals surface area contributed by atoms with E-state index in [4.69, 9.17) is 4.42 Å². The second-order valence-electron chi connectivity index (χ2n) is 6.17. The number of anilines is 1. The number of alkyl halides is 2. The molecule has 0 spiro atoms. The number of halogens is 2. The molecule has 0 saturated heterocycles. The molecule has 1 aliphatic rings. The van der Waals surface area contributed by atoms with Crippen LogP contribution in [0, 0.1) is 20.8 Å². The molecule has 0 bridgehead atoms. The lowest BCUT2D eigenvalue weighted by Crippen LogP contribution is -2.25. The van der Waals surface area contributed by atoms with Crippen molar-refractivity contribution in [1.82, 2.24) is 15.0 Å². The number of hydrogen-bond donors (Lipinski definition) is 1. The summed E-state index contributed by atoms with van der Waals surface area (Å²) >= 11 is 0. The van der Waals surface area contributed by atoms with E-state index in [9.17, 15) is 13.6 Å². The van der Waals surface area contributed by atoms with Crippen LogP contribution in [0.2, 0.25) is 0 Å². The van der Waals surface area contributed by atoms with Gasteiger partial charge in [0, 0.05) is 12.5 Å². The maximum absolute atomic E-state index is 13.2. The maximum Gasteiger partial charge on any atom is 0.586 e. The van der Waals surface area contributed by atoms with E-state index in [-0.39, 0.29) is 23.1 Å². The summed E-state index contributed by atoms with van der Waals surface area (Å²) in [6.07, 6.45) is -0.925. The van der Waals surface area contributed by atoms with Crippen LogP contribution in [0.1, 0.15) is 27.7 Å². The van der Waals surface area contributed by atoms with Gasteiger partial charge in [0.2, 0.25) is 5.76 Å². The minimum atomic E-state index is -3.69. The molecule has 0 unspecified atom stereocenters. The molecule has 1 aromatic carbocycles. The van der Waals surface area contributed by atoms with Crippen LogP contribution in [0.4, 0.5) is 14.6 Å². The van der Waals surface area contributed by atoms with Gasteiger partial charge in [-0.15, -0.1) is 8.78 Å². The van der Waals surface area contributed by atoms with Crippen molar-refractivity contribution in [2.45, 2.75) is 27.1 Å². The van der Waals surface area contributed by atoms with Crippen LogP contribution in [0.3, 0.4) is 0 Å². The van der Waals surface area contributed by atoms with Gasteiger partial charge in [-0.05, 0) is 31.5 Å². The van der Waals surface area contributed by atoms with Crippen molar-refractivity contribution in [3.8, 4) is 22.8 Å². The molecule has 1 aliphatic heterocycles. The number of carbonyl (C=O) groups is 1. The lowest BCUT2D eigenvalue weighted by Gasteiger charge is -2.07. The largest absolute Gasteiger partial charge is 0.586 e. The summed E-state index contributed by atoms with van der Waals surface area (Å²) in [5.41, 5.74) is 2.09. The Morgan fingerprint density at radius 1 is 1.07 bits per heavy atom. The first-order valence-corrected chi connectivity index (χ1v) is 8.20. The third-order valence-electron chi connectivity index (χ3n) is 4.03. The van der Waals surface area contributed by atoms with Crippen LogP contribution < -0.4 is 14.8 Å². The Morgan fingerprint density at radius 2 is 1.79 bits per heavy atom. The fourth-order valence-corrected chi connectivity index (χ4v) is 2.82. The van der Waals surface area contributed by atoms with Crippen molar-refractivity contribution < 1.29 is 27.5 Å². The third kappa shape index (κ3) is 3.24. The summed E-state index contributed by atoms with van der Waals surface area (Å²) in [5, 5.41) is 2.57. The van der Waals surface area contributed by atoms with Crippen LogP contribution in [0.5, 0.6) is 11.5 Å². The van der Waals surface area contributed by atoms with Crippen LogP contribution in [0.25, 0.3) is 11.3 Å². The number of aromatic nitrogens is 3. The van der Waals surface area contributed by atoms with Crippen LogP contribution >= 0.6 is 0 Å². The molecular weight excluding hydrogens is 374 g/mol. The van der Waals surface area contributed by atoms with Crippen LogP contribution in [-0.2, 0) is 0 Å². The average molecular weight is 388 g/mol. The van der Waals surface area contributed by atoms with Gasteiger partial charge in [0.05, 0.1) is 23.8 Å². The summed E-state index contributed by atoms with van der Waals surface area (Å²) in [6, 6.07) is 2.85. The molecule has 4 rings (SSSR count). The van der Waals surface area contributed by atoms with Gasteiger partial charge < -0.3 is 19.2 Å². The fraction of sp³-hybridized carbons (Fsp3) is 0.222. The van der Waals surface area contributed by atoms with Gasteiger partial charge in [0.15, 0.2) is 23.2 Å². The number of hydrogen-bond acceptors (Lipinski definition) is 7. The number of nitrogens with zero attached hydrogens (tertiary/aromatic N) is 3. The molecule has 0 radical (unpaired) electrons. The minimum absolute atomic E-state index is 0.0409. The molecule has 2 aromatic heterocycles. The molecule has 0 saturated carbocycles. The number of fused-ring (bicyclic) bond motifs is 1. The smallest absolute Gasteiger partial charge is 0.436 e. The molecule has 0 aliphatic carbocycles. The maximum atomic E-state index is 13.2. The van der Waals surface area contributed by atoms with Crippen molar-refractivity contribution in [3.63, 3.8) is 0 Å². The number of amides is 1. The molecule has 1 amide bonds. The van der Waals surface area contributed by atoms with E-state index in [0.29, 0.717) is 28.4 Å². The monoisotopic (exact) mass is 388 g/mol. The SMILES string of the molecule is Cc1nc(C)c(C(=O)Nc2cnc(-c3cc4c(cc3C)OC(F)(F)O4)cn2)o1. The second-order valence-corrected chi connectivity index (χ2v) is 6.17. The molecule has 1 N–H and O–H groups in total. The first-order chi connectivity index (χ1) is 13.2. The van der Waals surface area contributed by atoms with Gasteiger partial charge in [-0.1, -0.05) is 0 Å². The first kappa shape index (κ1) is 17.8. The zero-order chi connectivity index (χ0) is 20.1. The number of aryl methyl sites for hydroxylation is 3. The number of ether oxygens (including phenoxy) is 2. The normalized spacial score (nSPS) is 14.2. The van der Waals surface area contributed by atoms with Crippen molar-refractivity contribution in [2.75, 3.05) is 5.32 Å². The average Bonchev–Trinajstić information content (AvgIpc) is 3.11. The lowest BCUT2D eigenvalue weighted by molar-refractivity contribution is -0.286. The Hall–Kier alpha value is -3.56. The summed E-state index contributed by atoms with van der Waals surface area (Å²) in [4.78, 5) is 24.7. The minimum Gasteiger partial charge on any atom is -0.436 e. The number of benzene rings is 1. The van der Waals surface area contributed by atoms with Crippen LogP contribution in [-0.4, -0.2) is 27.2 Å². The Morgan fingerprint density at radius 3 is 2.39 bits per heavy atom. The highest BCUT2D eigenvalue weighted by Crippen LogP contribution is 2.44. The van der Waals surface area contributed by atoms with E-state index >= 15 is 0 Å². The summed E-state index contributed by atoms with van der Waals surface area (Å²) in [6.45, 7) is 5.02. The lowest BCUT2D eigenvalue weighted by atomic mass is 10.1. The Labute approximate surface area is 157 Å². The van der Waals surface area contributed by atoms with Gasteiger partial charge in [0.1, 0.15) is 0 Å². The highest BCUT2D eigenvalue weighted by molar-refractivity contribution is 6.02. The summed E-state index contributed by atoms with van der Waals surface area (Å²) in [5.74, 6) is 0.0550. The zero-order valence-electron chi connectivity index (χ0n) is 15.0. The Bertz CT molecular complexity index is 1080. The topological polar surface area (TPSA) is 99.4 Å². The molecule has 3 heterocycles. The Kier molecular flexibility index (Phi) is 3.98. The van der Waals surface area contributed by atoms with Crippen LogP contribution in [0.15, 0.2) is 28.9 Å². The quantitative estimate of drug-likeness (QED) is 0.731. The second kappa shape index (κ2) is 6.25. The Balaban J connectivity index is 1.56. The highest BCUT2D eigenvalue weighted by Gasteiger charge is 2.43. The van der Waals surface area contributed by atoms with E-state index in [2.05, 4.69) is 29.7 Å². The van der Waals surface area contributed by atoms with Crippen molar-refractivity contribution >= 4 is 11.7 Å². The van der Waals surface area contributed by atoms with E-state index in [1.54, 1.807) is 20.8 Å². The number of rotatable bonds is 3. The van der Waals surface area contributed by atoms with Gasteiger partial charge in [-0.25, -0.2) is 9.97 Å². The molecule has 8 nitrogen and oxygen atoms in total. The molecule has 0 atom stereocenters. The number of oxazole rings is 1. The molecule has 28 heavy (non-hydrogen) atoms. The number of carbonyl (C=O) groups excluding carboxylic acids is 1. The fourth-order valence-electron chi connectivity index (χ4n) is 2.82. The van der Waals surface area contributed by atoms with E-state index in [0.717, 1.165) is 0 Å². The summed E-state index contributed by atoms with van der Waals surface area (Å²) in [7, 11) is 0. The predicted octanol–water partition coefficient (Wildman–Crippen LogP) is 3.63. The van der Waals surface area contributed by atoms with E-state index in [1.807, 2.05) is 0 Å². The molecule has 144 valence electrons. The van der Waals surface area contributed by atoms with Gasteiger partial charge >= 0.3 is 6.29 Å². The highest BCUT2D eigenvalue weighted by atomic mass is 19.3. The number of nitrogens with one attached hydrogen (secondary N) is 1. The van der Waals surface area contributed by atoms with E-state index < -0.39 is 12.2 Å². The standard InChI is InChI=1S/C18H14F2N4O4/c1-8-4-13-14(28-18(19,20)27-13)5-11(8)12-6-22-15(7-21-12)24-17(25)16-9(2)23-10(3)26-16/h4-7H,1-3H3,(H,22,24,25). The van der Waals surface area contributed by atoms with Gasteiger partial charge in [-0.2, -0.15) is 0 Å². The zero-order valence-corrected chi connectivity index (χ0v) is 15.0. The predicted molar refractivity (Wildman–Crippen MR) is 92.3 cm³/mol. The third-order valence-corrected chi connectivity index (χ3v) is 4.03. The van der Waals surface area contributed by atoms with Crippen molar-refractivity contribution in [2.24, 2.45) is 0 Å². The van der Waals surface area contributed by atoms with Gasteiger partial charge in [0.25, 0.3) is 5.91 Å². The van der Waals surface area contributed by atoms with Crippen molar-refractivity contribution in [1.29, 1.82) is 0 Å². The molecule has 0 fully saturated rings. The first-order valence-electron chi connectivity index (χ1n) is 8.20. The molecule has 3 aromatic rings. The molecule has 10 heteroatoms. The van der Waals surface area contributed by atoms with Gasteiger partial charge in [-0.3, -0.25) is 9.78 Å².